The highest BCUT2D eigenvalue weighted by atomic mass is 32.2. The summed E-state index contributed by atoms with van der Waals surface area (Å²) in [6.45, 7) is 2.10. The van der Waals surface area contributed by atoms with Crippen LogP contribution in [-0.4, -0.2) is 42.4 Å². The first-order chi connectivity index (χ1) is 13.3. The fraction of sp³-hybridized carbons (Fsp3) is 0.211. The molecule has 2 heterocycles. The molecule has 3 aromatic rings. The standard InChI is InChI=1S/C19H18N2O6S/c1-11-3-5-13(6-4-11)28(25,26)21-10-12-7-8-20(19(24)27-2)14-9-15(22)18(23)17(21)16(12)14/h3-6,9-10,22-23H,7-8H2,1-2H3. The molecule has 0 fully saturated rings. The van der Waals surface area contributed by atoms with E-state index in [2.05, 4.69) is 0 Å². The van der Waals surface area contributed by atoms with Crippen LogP contribution in [0.4, 0.5) is 10.5 Å². The van der Waals surface area contributed by atoms with Gasteiger partial charge in [0.15, 0.2) is 11.5 Å². The van der Waals surface area contributed by atoms with Gasteiger partial charge in [-0.25, -0.2) is 17.2 Å². The molecule has 2 aromatic carbocycles. The van der Waals surface area contributed by atoms with Crippen molar-refractivity contribution in [3.8, 4) is 11.5 Å². The zero-order valence-corrected chi connectivity index (χ0v) is 16.0. The molecule has 0 radical (unpaired) electrons. The van der Waals surface area contributed by atoms with Crippen molar-refractivity contribution in [3.63, 3.8) is 0 Å². The molecule has 9 heteroatoms. The van der Waals surface area contributed by atoms with E-state index in [1.54, 1.807) is 12.1 Å². The van der Waals surface area contributed by atoms with Crippen LogP contribution >= 0.6 is 0 Å². The van der Waals surface area contributed by atoms with Gasteiger partial charge in [-0.3, -0.25) is 4.90 Å². The number of phenolic OH excluding ortho intramolecular Hbond substituents is 2. The number of anilines is 1. The number of carbonyl (C=O) groups excluding carboxylic acids is 1. The molecule has 28 heavy (non-hydrogen) atoms. The minimum absolute atomic E-state index is 0.0508. The number of phenols is 2. The summed E-state index contributed by atoms with van der Waals surface area (Å²) in [6.07, 6.45) is 1.17. The molecule has 0 spiro atoms. The summed E-state index contributed by atoms with van der Waals surface area (Å²) in [4.78, 5) is 13.5. The van der Waals surface area contributed by atoms with Crippen molar-refractivity contribution in [3.05, 3.63) is 47.7 Å². The number of benzene rings is 2. The summed E-state index contributed by atoms with van der Waals surface area (Å²) in [6, 6.07) is 7.56. The second-order valence-electron chi connectivity index (χ2n) is 6.63. The minimum Gasteiger partial charge on any atom is -0.504 e. The van der Waals surface area contributed by atoms with Crippen LogP contribution in [0.15, 0.2) is 41.4 Å². The molecule has 0 saturated carbocycles. The normalized spacial score (nSPS) is 13.7. The molecule has 0 unspecified atom stereocenters. The molecule has 1 aliphatic rings. The smallest absolute Gasteiger partial charge is 0.414 e. The van der Waals surface area contributed by atoms with E-state index in [1.165, 1.54) is 36.4 Å². The van der Waals surface area contributed by atoms with Crippen LogP contribution in [0.2, 0.25) is 0 Å². The molecular weight excluding hydrogens is 384 g/mol. The lowest BCUT2D eigenvalue weighted by molar-refractivity contribution is 0.178. The average molecular weight is 402 g/mol. The van der Waals surface area contributed by atoms with Crippen LogP contribution in [0.1, 0.15) is 11.1 Å². The van der Waals surface area contributed by atoms with E-state index in [9.17, 15) is 23.4 Å². The molecule has 146 valence electrons. The third-order valence-corrected chi connectivity index (χ3v) is 6.59. The van der Waals surface area contributed by atoms with Gasteiger partial charge in [0, 0.05) is 24.2 Å². The van der Waals surface area contributed by atoms with Crippen molar-refractivity contribution in [1.29, 1.82) is 0 Å². The molecule has 1 aromatic heterocycles. The number of aromatic nitrogens is 1. The summed E-state index contributed by atoms with van der Waals surface area (Å²) in [5, 5.41) is 21.0. The Hall–Kier alpha value is -3.20. The van der Waals surface area contributed by atoms with Crippen LogP contribution in [0.25, 0.3) is 10.9 Å². The Kier molecular flexibility index (Phi) is 4.00. The summed E-state index contributed by atoms with van der Waals surface area (Å²) >= 11 is 0. The molecule has 4 rings (SSSR count). The zero-order chi connectivity index (χ0) is 20.2. The van der Waals surface area contributed by atoms with Crippen LogP contribution in [0, 0.1) is 6.92 Å². The molecule has 0 bridgehead atoms. The second-order valence-corrected chi connectivity index (χ2v) is 8.44. The molecule has 1 aliphatic heterocycles. The SMILES string of the molecule is COC(=O)N1CCc2cn(S(=O)(=O)c3ccc(C)cc3)c3c(O)c(O)cc1c23. The third-order valence-electron chi connectivity index (χ3n) is 4.92. The number of methoxy groups -OCH3 is 1. The maximum atomic E-state index is 13.2. The lowest BCUT2D eigenvalue weighted by Gasteiger charge is -2.26. The van der Waals surface area contributed by atoms with Gasteiger partial charge in [-0.15, -0.1) is 0 Å². The first-order valence-corrected chi connectivity index (χ1v) is 9.96. The maximum absolute atomic E-state index is 13.2. The van der Waals surface area contributed by atoms with Gasteiger partial charge in [0.1, 0.15) is 5.52 Å². The Morgan fingerprint density at radius 1 is 1.18 bits per heavy atom. The van der Waals surface area contributed by atoms with Crippen molar-refractivity contribution in [1.82, 2.24) is 3.97 Å². The first kappa shape index (κ1) is 18.2. The van der Waals surface area contributed by atoms with E-state index in [-0.39, 0.29) is 22.6 Å². The third kappa shape index (κ3) is 2.50. The Morgan fingerprint density at radius 2 is 1.86 bits per heavy atom. The molecule has 1 amide bonds. The Labute approximate surface area is 161 Å². The summed E-state index contributed by atoms with van der Waals surface area (Å²) in [5.41, 5.74) is 1.78. The average Bonchev–Trinajstić information content (AvgIpc) is 3.07. The fourth-order valence-electron chi connectivity index (χ4n) is 3.50. The highest BCUT2D eigenvalue weighted by molar-refractivity contribution is 7.90. The predicted molar refractivity (Wildman–Crippen MR) is 102 cm³/mol. The number of rotatable bonds is 2. The quantitative estimate of drug-likeness (QED) is 0.638. The lowest BCUT2D eigenvalue weighted by Crippen LogP contribution is -2.34. The van der Waals surface area contributed by atoms with Crippen LogP contribution < -0.4 is 4.90 Å². The van der Waals surface area contributed by atoms with E-state index in [0.717, 1.165) is 9.54 Å². The Bertz CT molecular complexity index is 1210. The first-order valence-electron chi connectivity index (χ1n) is 8.52. The monoisotopic (exact) mass is 402 g/mol. The number of aryl methyl sites for hydroxylation is 1. The highest BCUT2D eigenvalue weighted by Crippen LogP contribution is 2.46. The van der Waals surface area contributed by atoms with Crippen molar-refractivity contribution in [2.24, 2.45) is 0 Å². The summed E-state index contributed by atoms with van der Waals surface area (Å²) in [5.74, 6) is -1.09. The molecule has 0 atom stereocenters. The summed E-state index contributed by atoms with van der Waals surface area (Å²) < 4.78 is 32.2. The number of amides is 1. The van der Waals surface area contributed by atoms with Crippen molar-refractivity contribution >= 4 is 32.7 Å². The Balaban J connectivity index is 2.03. The molecule has 8 nitrogen and oxygen atoms in total. The number of hydrogen-bond donors (Lipinski definition) is 2. The van der Waals surface area contributed by atoms with Gasteiger partial charge in [-0.1, -0.05) is 17.7 Å². The predicted octanol–water partition coefficient (Wildman–Crippen LogP) is 2.73. The fourth-order valence-corrected chi connectivity index (χ4v) is 4.89. The zero-order valence-electron chi connectivity index (χ0n) is 15.2. The van der Waals surface area contributed by atoms with E-state index in [4.69, 9.17) is 4.74 Å². The number of aromatic hydroxyl groups is 2. The van der Waals surface area contributed by atoms with Gasteiger partial charge in [-0.05, 0) is 31.0 Å². The van der Waals surface area contributed by atoms with E-state index in [1.807, 2.05) is 6.92 Å². The topological polar surface area (TPSA) is 109 Å². The van der Waals surface area contributed by atoms with E-state index >= 15 is 0 Å². The second kappa shape index (κ2) is 6.16. The van der Waals surface area contributed by atoms with Crippen molar-refractivity contribution < 1.29 is 28.2 Å². The Morgan fingerprint density at radius 3 is 2.50 bits per heavy atom. The number of carbonyl (C=O) groups is 1. The van der Waals surface area contributed by atoms with Crippen molar-refractivity contribution in [2.75, 3.05) is 18.6 Å². The van der Waals surface area contributed by atoms with Crippen LogP contribution in [0.3, 0.4) is 0 Å². The maximum Gasteiger partial charge on any atom is 0.414 e. The molecular formula is C19H18N2O6S. The van der Waals surface area contributed by atoms with Gasteiger partial charge >= 0.3 is 6.09 Å². The van der Waals surface area contributed by atoms with Crippen molar-refractivity contribution in [2.45, 2.75) is 18.2 Å². The van der Waals surface area contributed by atoms with Crippen LogP contribution in [-0.2, 0) is 21.2 Å². The highest BCUT2D eigenvalue weighted by Gasteiger charge is 2.32. The minimum atomic E-state index is -4.03. The lowest BCUT2D eigenvalue weighted by atomic mass is 10.0. The van der Waals surface area contributed by atoms with E-state index in [0.29, 0.717) is 17.4 Å². The molecule has 0 aliphatic carbocycles. The van der Waals surface area contributed by atoms with E-state index < -0.39 is 27.6 Å². The van der Waals surface area contributed by atoms with Gasteiger partial charge in [0.25, 0.3) is 10.0 Å². The summed E-state index contributed by atoms with van der Waals surface area (Å²) in [7, 11) is -2.79. The number of ether oxygens (including phenoxy) is 1. The van der Waals surface area contributed by atoms with Gasteiger partial charge < -0.3 is 14.9 Å². The number of nitrogens with zero attached hydrogens (tertiary/aromatic N) is 2. The van der Waals surface area contributed by atoms with Gasteiger partial charge in [0.05, 0.1) is 17.7 Å². The largest absolute Gasteiger partial charge is 0.504 e. The van der Waals surface area contributed by atoms with Gasteiger partial charge in [0.2, 0.25) is 0 Å². The number of hydrogen-bond acceptors (Lipinski definition) is 6. The van der Waals surface area contributed by atoms with Gasteiger partial charge in [-0.2, -0.15) is 0 Å². The van der Waals surface area contributed by atoms with Crippen LogP contribution in [0.5, 0.6) is 11.5 Å². The molecule has 2 N–H and O–H groups in total. The molecule has 0 saturated heterocycles.